The number of hydrogen-bond donors (Lipinski definition) is 1. The van der Waals surface area contributed by atoms with Gasteiger partial charge in [0, 0.05) is 18.4 Å². The zero-order chi connectivity index (χ0) is 11.3. The Balaban J connectivity index is 2.62. The highest BCUT2D eigenvalue weighted by atomic mass is 32.1. The van der Waals surface area contributed by atoms with Crippen molar-refractivity contribution in [3.63, 3.8) is 0 Å². The lowest BCUT2D eigenvalue weighted by Crippen LogP contribution is -2.10. The molecule has 0 amide bonds. The summed E-state index contributed by atoms with van der Waals surface area (Å²) < 4.78 is 5.00. The van der Waals surface area contributed by atoms with E-state index in [1.807, 2.05) is 0 Å². The molecular weight excluding hydrogens is 210 g/mol. The summed E-state index contributed by atoms with van der Waals surface area (Å²) in [6.45, 7) is 0. The van der Waals surface area contributed by atoms with Crippen molar-refractivity contribution in [2.75, 3.05) is 7.11 Å². The van der Waals surface area contributed by atoms with Crippen molar-refractivity contribution >= 4 is 23.0 Å². The van der Waals surface area contributed by atoms with Gasteiger partial charge in [-0.15, -0.1) is 0 Å². The maximum Gasteiger partial charge on any atom is 0.163 e. The first-order chi connectivity index (χ1) is 7.13. The molecule has 1 aromatic carbocycles. The summed E-state index contributed by atoms with van der Waals surface area (Å²) in [5.41, 5.74) is 5.98. The highest BCUT2D eigenvalue weighted by molar-refractivity contribution is 7.80. The molecule has 4 heteroatoms. The minimum Gasteiger partial charge on any atom is -0.497 e. The summed E-state index contributed by atoms with van der Waals surface area (Å²) in [5.74, 6) is 0.784. The number of thiocarbonyl (C=S) groups is 1. The van der Waals surface area contributed by atoms with Gasteiger partial charge in [0.2, 0.25) is 0 Å². The summed E-state index contributed by atoms with van der Waals surface area (Å²) in [5, 5.41) is 0. The zero-order valence-corrected chi connectivity index (χ0v) is 9.34. The van der Waals surface area contributed by atoms with Crippen molar-refractivity contribution in [2.24, 2.45) is 5.73 Å². The molecule has 0 saturated carbocycles. The molecule has 0 spiro atoms. The Bertz CT molecular complexity index is 359. The van der Waals surface area contributed by atoms with E-state index in [-0.39, 0.29) is 5.78 Å². The Morgan fingerprint density at radius 3 is 2.40 bits per heavy atom. The second kappa shape index (κ2) is 5.46. The molecule has 0 fully saturated rings. The molecular formula is C11H13NO2S. The third-order valence-electron chi connectivity index (χ3n) is 2.01. The SMILES string of the molecule is COc1ccc(C(=O)CCC(N)=S)cc1. The maximum absolute atomic E-state index is 11.6. The number of ether oxygens (including phenoxy) is 1. The fourth-order valence-electron chi connectivity index (χ4n) is 1.16. The minimum atomic E-state index is 0.0467. The van der Waals surface area contributed by atoms with Gasteiger partial charge in [-0.05, 0) is 24.3 Å². The van der Waals surface area contributed by atoms with E-state index in [4.69, 9.17) is 22.7 Å². The third-order valence-corrected chi connectivity index (χ3v) is 2.21. The Hall–Kier alpha value is -1.42. The Morgan fingerprint density at radius 1 is 1.33 bits per heavy atom. The topological polar surface area (TPSA) is 52.3 Å². The first-order valence-electron chi connectivity index (χ1n) is 4.59. The molecule has 0 aliphatic rings. The van der Waals surface area contributed by atoms with E-state index in [9.17, 15) is 4.79 Å². The molecule has 0 saturated heterocycles. The largest absolute Gasteiger partial charge is 0.497 e. The lowest BCUT2D eigenvalue weighted by atomic mass is 10.1. The maximum atomic E-state index is 11.6. The van der Waals surface area contributed by atoms with Crippen LogP contribution in [-0.2, 0) is 0 Å². The summed E-state index contributed by atoms with van der Waals surface area (Å²) >= 11 is 4.71. The van der Waals surface area contributed by atoms with Gasteiger partial charge in [-0.2, -0.15) is 0 Å². The van der Waals surface area contributed by atoms with Crippen LogP contribution in [0.15, 0.2) is 24.3 Å². The Labute approximate surface area is 94.2 Å². The van der Waals surface area contributed by atoms with Crippen molar-refractivity contribution < 1.29 is 9.53 Å². The van der Waals surface area contributed by atoms with Crippen LogP contribution in [0.5, 0.6) is 5.75 Å². The first-order valence-corrected chi connectivity index (χ1v) is 5.00. The number of carbonyl (C=O) groups is 1. The van der Waals surface area contributed by atoms with Crippen LogP contribution >= 0.6 is 12.2 Å². The van der Waals surface area contributed by atoms with Gasteiger partial charge in [0.05, 0.1) is 12.1 Å². The quantitative estimate of drug-likeness (QED) is 0.612. The first kappa shape index (κ1) is 11.7. The fourth-order valence-corrected chi connectivity index (χ4v) is 1.26. The summed E-state index contributed by atoms with van der Waals surface area (Å²) in [4.78, 5) is 12.0. The molecule has 0 radical (unpaired) electrons. The predicted molar refractivity (Wildman–Crippen MR) is 63.3 cm³/mol. The molecule has 3 nitrogen and oxygen atoms in total. The normalized spacial score (nSPS) is 9.67. The fraction of sp³-hybridized carbons (Fsp3) is 0.273. The Kier molecular flexibility index (Phi) is 4.24. The molecule has 0 atom stereocenters. The number of ketones is 1. The van der Waals surface area contributed by atoms with Crippen LogP contribution < -0.4 is 10.5 Å². The van der Waals surface area contributed by atoms with E-state index in [1.165, 1.54) is 0 Å². The van der Waals surface area contributed by atoms with Gasteiger partial charge >= 0.3 is 0 Å². The predicted octanol–water partition coefficient (Wildman–Crippen LogP) is 1.94. The molecule has 1 rings (SSSR count). The molecule has 0 heterocycles. The zero-order valence-electron chi connectivity index (χ0n) is 8.53. The van der Waals surface area contributed by atoms with Crippen LogP contribution in [0.4, 0.5) is 0 Å². The monoisotopic (exact) mass is 223 g/mol. The van der Waals surface area contributed by atoms with Gasteiger partial charge in [0.15, 0.2) is 5.78 Å². The van der Waals surface area contributed by atoms with Crippen LogP contribution in [0.2, 0.25) is 0 Å². The molecule has 1 aromatic rings. The van der Waals surface area contributed by atoms with Crippen LogP contribution in [-0.4, -0.2) is 17.9 Å². The number of Topliss-reactive ketones (excluding diaryl/α,β-unsaturated/α-hetero) is 1. The molecule has 0 bridgehead atoms. The Morgan fingerprint density at radius 2 is 1.93 bits per heavy atom. The highest BCUT2D eigenvalue weighted by Gasteiger charge is 2.05. The molecule has 0 aliphatic carbocycles. The van der Waals surface area contributed by atoms with E-state index in [1.54, 1.807) is 31.4 Å². The summed E-state index contributed by atoms with van der Waals surface area (Å²) in [7, 11) is 1.59. The van der Waals surface area contributed by atoms with E-state index < -0.39 is 0 Å². The van der Waals surface area contributed by atoms with Gasteiger partial charge in [-0.25, -0.2) is 0 Å². The van der Waals surface area contributed by atoms with Crippen molar-refractivity contribution in [2.45, 2.75) is 12.8 Å². The number of rotatable bonds is 5. The second-order valence-electron chi connectivity index (χ2n) is 3.12. The van der Waals surface area contributed by atoms with E-state index in [2.05, 4.69) is 0 Å². The van der Waals surface area contributed by atoms with E-state index in [0.717, 1.165) is 5.75 Å². The average Bonchev–Trinajstić information content (AvgIpc) is 2.26. The minimum absolute atomic E-state index is 0.0467. The van der Waals surface area contributed by atoms with Crippen LogP contribution in [0.25, 0.3) is 0 Å². The lowest BCUT2D eigenvalue weighted by Gasteiger charge is -2.02. The smallest absolute Gasteiger partial charge is 0.163 e. The number of benzene rings is 1. The average molecular weight is 223 g/mol. The molecule has 80 valence electrons. The van der Waals surface area contributed by atoms with Crippen molar-refractivity contribution in [1.82, 2.24) is 0 Å². The van der Waals surface area contributed by atoms with Crippen LogP contribution in [0.3, 0.4) is 0 Å². The van der Waals surface area contributed by atoms with Gasteiger partial charge in [0.25, 0.3) is 0 Å². The molecule has 15 heavy (non-hydrogen) atoms. The van der Waals surface area contributed by atoms with Crippen LogP contribution in [0, 0.1) is 0 Å². The van der Waals surface area contributed by atoms with Gasteiger partial charge in [-0.3, -0.25) is 4.79 Å². The van der Waals surface area contributed by atoms with E-state index >= 15 is 0 Å². The second-order valence-corrected chi connectivity index (χ2v) is 3.64. The number of hydrogen-bond acceptors (Lipinski definition) is 3. The number of nitrogens with two attached hydrogens (primary N) is 1. The highest BCUT2D eigenvalue weighted by Crippen LogP contribution is 2.13. The van der Waals surface area contributed by atoms with Gasteiger partial charge < -0.3 is 10.5 Å². The van der Waals surface area contributed by atoms with Crippen molar-refractivity contribution in [3.05, 3.63) is 29.8 Å². The molecule has 2 N–H and O–H groups in total. The standard InChI is InChI=1S/C11H13NO2S/c1-14-9-4-2-8(3-5-9)10(13)6-7-11(12)15/h2-5H,6-7H2,1H3,(H2,12,15). The third kappa shape index (κ3) is 3.67. The van der Waals surface area contributed by atoms with Gasteiger partial charge in [0.1, 0.15) is 5.75 Å². The summed E-state index contributed by atoms with van der Waals surface area (Å²) in [6, 6.07) is 6.99. The van der Waals surface area contributed by atoms with Crippen molar-refractivity contribution in [1.29, 1.82) is 0 Å². The molecule has 0 aliphatic heterocycles. The molecule has 0 unspecified atom stereocenters. The van der Waals surface area contributed by atoms with Crippen LogP contribution in [0.1, 0.15) is 23.2 Å². The van der Waals surface area contributed by atoms with Gasteiger partial charge in [-0.1, -0.05) is 12.2 Å². The lowest BCUT2D eigenvalue weighted by molar-refractivity contribution is 0.0985. The van der Waals surface area contributed by atoms with E-state index in [0.29, 0.717) is 23.4 Å². The van der Waals surface area contributed by atoms with Crippen molar-refractivity contribution in [3.8, 4) is 5.75 Å². The number of carbonyl (C=O) groups excluding carboxylic acids is 1. The molecule has 0 aromatic heterocycles. The summed E-state index contributed by atoms with van der Waals surface area (Å²) in [6.07, 6.45) is 0.821. The number of methoxy groups -OCH3 is 1.